The predicted octanol–water partition coefficient (Wildman–Crippen LogP) is 12.4. The number of anilines is 3. The molecule has 0 saturated heterocycles. The Bertz CT molecular complexity index is 2410. The summed E-state index contributed by atoms with van der Waals surface area (Å²) in [4.78, 5) is 10.8. The first-order valence-electron chi connectivity index (χ1n) is 17.0. The minimum absolute atomic E-state index is 0.639. The van der Waals surface area contributed by atoms with E-state index in [9.17, 15) is 0 Å². The second-order valence-electron chi connectivity index (χ2n) is 12.6. The fourth-order valence-corrected chi connectivity index (χ4v) is 7.14. The minimum atomic E-state index is -0.639. The third kappa shape index (κ3) is 5.38. The highest BCUT2D eigenvalue weighted by Gasteiger charge is 2.39. The predicted molar refractivity (Wildman–Crippen MR) is 209 cm³/mol. The third-order valence-corrected chi connectivity index (χ3v) is 9.66. The van der Waals surface area contributed by atoms with Crippen molar-refractivity contribution in [3.8, 4) is 44.6 Å². The van der Waals surface area contributed by atoms with Crippen LogP contribution >= 0.6 is 0 Å². The lowest BCUT2D eigenvalue weighted by Gasteiger charge is -2.38. The van der Waals surface area contributed by atoms with Crippen molar-refractivity contribution < 1.29 is 0 Å². The van der Waals surface area contributed by atoms with Crippen LogP contribution in [0.25, 0.3) is 44.6 Å². The molecule has 9 rings (SSSR count). The molecule has 1 unspecified atom stereocenters. The smallest absolute Gasteiger partial charge is 0.151 e. The number of fused-ring (bicyclic) bond motifs is 3. The van der Waals surface area contributed by atoms with E-state index in [1.165, 1.54) is 0 Å². The van der Waals surface area contributed by atoms with E-state index in [2.05, 4.69) is 130 Å². The second kappa shape index (κ2) is 12.7. The average molecular weight is 657 g/mol. The van der Waals surface area contributed by atoms with E-state index < -0.39 is 4.65 Å². The van der Waals surface area contributed by atoms with Gasteiger partial charge in [0.15, 0.2) is 11.4 Å². The third-order valence-electron chi connectivity index (χ3n) is 9.66. The summed E-state index contributed by atoms with van der Waals surface area (Å²) in [6.45, 7) is 0. The summed E-state index contributed by atoms with van der Waals surface area (Å²) < 4.78 is -0.639. The summed E-state index contributed by atoms with van der Waals surface area (Å²) in [5.41, 5.74) is 13.4. The summed E-state index contributed by atoms with van der Waals surface area (Å²) >= 11 is 0. The van der Waals surface area contributed by atoms with Crippen LogP contribution in [-0.2, 0) is 0 Å². The number of nitrogens with zero attached hydrogens (tertiary/aromatic N) is 4. The molecule has 1 aromatic heterocycles. The van der Waals surface area contributed by atoms with E-state index in [1.807, 2.05) is 60.7 Å². The molecular formula is C46H32N4O. The highest BCUT2D eigenvalue weighted by Crippen LogP contribution is 2.57. The van der Waals surface area contributed by atoms with E-state index in [-0.39, 0.29) is 0 Å². The molecule has 0 radical (unpaired) electrons. The first-order valence-corrected chi connectivity index (χ1v) is 17.0. The molecule has 5 nitrogen and oxygen atoms in total. The molecular weight excluding hydrogens is 625 g/mol. The molecule has 0 spiro atoms. The Morgan fingerprint density at radius 3 is 1.59 bits per heavy atom. The molecule has 1 aliphatic heterocycles. The molecule has 0 fully saturated rings. The SMILES string of the molecule is [O-][N+]1(c2ccc(-c3ccc(-c4cnccn4)cc3)cc2)c2ccccc2-c2cc(-c3ccc(N(c4ccccc4)c4ccccc4)cc3)ccc21. The molecule has 2 heterocycles. The lowest BCUT2D eigenvalue weighted by atomic mass is 9.98. The molecule has 5 heteroatoms. The van der Waals surface area contributed by atoms with Crippen LogP contribution in [0.4, 0.5) is 34.1 Å². The van der Waals surface area contributed by atoms with Gasteiger partial charge in [0, 0.05) is 64.8 Å². The maximum absolute atomic E-state index is 15.2. The second-order valence-corrected chi connectivity index (χ2v) is 12.6. The van der Waals surface area contributed by atoms with Crippen LogP contribution < -0.4 is 9.55 Å². The molecule has 1 aliphatic rings. The van der Waals surface area contributed by atoms with Crippen molar-refractivity contribution in [2.45, 2.75) is 0 Å². The molecule has 0 saturated carbocycles. The maximum atomic E-state index is 15.2. The van der Waals surface area contributed by atoms with E-state index >= 15 is 5.21 Å². The van der Waals surface area contributed by atoms with Crippen molar-refractivity contribution in [2.24, 2.45) is 0 Å². The average Bonchev–Trinajstić information content (AvgIpc) is 3.47. The number of rotatable bonds is 7. The van der Waals surface area contributed by atoms with Crippen LogP contribution in [0.2, 0.25) is 0 Å². The van der Waals surface area contributed by atoms with E-state index in [4.69, 9.17) is 0 Å². The molecule has 51 heavy (non-hydrogen) atoms. The van der Waals surface area contributed by atoms with Gasteiger partial charge in [0.2, 0.25) is 0 Å². The number of hydrogen-bond donors (Lipinski definition) is 0. The molecule has 0 aliphatic carbocycles. The van der Waals surface area contributed by atoms with Gasteiger partial charge in [0.25, 0.3) is 0 Å². The summed E-state index contributed by atoms with van der Waals surface area (Å²) in [5.74, 6) is 0. The van der Waals surface area contributed by atoms with Gasteiger partial charge in [0.05, 0.1) is 17.5 Å². The summed E-state index contributed by atoms with van der Waals surface area (Å²) in [7, 11) is 0. The van der Waals surface area contributed by atoms with Crippen LogP contribution in [0.5, 0.6) is 0 Å². The molecule has 0 bridgehead atoms. The Hall–Kier alpha value is -6.66. The largest absolute Gasteiger partial charge is 0.616 e. The zero-order valence-corrected chi connectivity index (χ0v) is 27.7. The Morgan fingerprint density at radius 2 is 0.941 bits per heavy atom. The Balaban J connectivity index is 1.04. The van der Waals surface area contributed by atoms with Gasteiger partial charge in [-0.05, 0) is 89.0 Å². The summed E-state index contributed by atoms with van der Waals surface area (Å²) in [6.07, 6.45) is 5.13. The number of quaternary nitrogens is 1. The highest BCUT2D eigenvalue weighted by atomic mass is 16.5. The highest BCUT2D eigenvalue weighted by molar-refractivity contribution is 6.00. The van der Waals surface area contributed by atoms with Crippen molar-refractivity contribution in [1.29, 1.82) is 0 Å². The van der Waals surface area contributed by atoms with Crippen LogP contribution in [0.1, 0.15) is 0 Å². The van der Waals surface area contributed by atoms with E-state index in [1.54, 1.807) is 18.6 Å². The quantitative estimate of drug-likeness (QED) is 0.127. The number of hydrogen-bond acceptors (Lipinski definition) is 4. The van der Waals surface area contributed by atoms with E-state index in [0.717, 1.165) is 73.1 Å². The fraction of sp³-hybridized carbons (Fsp3) is 0. The van der Waals surface area contributed by atoms with Gasteiger partial charge in [-0.15, -0.1) is 0 Å². The molecule has 0 amide bonds. The zero-order valence-electron chi connectivity index (χ0n) is 27.7. The van der Waals surface area contributed by atoms with Crippen LogP contribution in [0.15, 0.2) is 195 Å². The van der Waals surface area contributed by atoms with Crippen molar-refractivity contribution in [3.63, 3.8) is 0 Å². The monoisotopic (exact) mass is 656 g/mol. The summed E-state index contributed by atoms with van der Waals surface area (Å²) in [6, 6.07) is 59.9. The molecule has 7 aromatic carbocycles. The van der Waals surface area contributed by atoms with Gasteiger partial charge < -0.3 is 10.1 Å². The van der Waals surface area contributed by atoms with Gasteiger partial charge in [-0.2, -0.15) is 0 Å². The number of para-hydroxylation sites is 3. The standard InChI is InChI=1S/C46H32N4O/c51-50(41-26-21-34(22-27-41)33-15-17-36(18-16-33)44-32-47-29-30-48-44)45-14-8-7-13-42(45)43-31-37(23-28-46(43)50)35-19-24-40(25-20-35)49(38-9-3-1-4-10-38)39-11-5-2-6-12-39/h1-32H. The lowest BCUT2D eigenvalue weighted by molar-refractivity contribution is 0.710. The molecule has 242 valence electrons. The Morgan fingerprint density at radius 1 is 0.431 bits per heavy atom. The van der Waals surface area contributed by atoms with Crippen molar-refractivity contribution in [3.05, 3.63) is 200 Å². The van der Waals surface area contributed by atoms with Crippen molar-refractivity contribution in [2.75, 3.05) is 4.90 Å². The van der Waals surface area contributed by atoms with Crippen molar-refractivity contribution in [1.82, 2.24) is 14.6 Å². The summed E-state index contributed by atoms with van der Waals surface area (Å²) in [5, 5.41) is 15.2. The van der Waals surface area contributed by atoms with Gasteiger partial charge in [-0.1, -0.05) is 84.9 Å². The zero-order chi connectivity index (χ0) is 34.2. The first kappa shape index (κ1) is 30.4. The fourth-order valence-electron chi connectivity index (χ4n) is 7.14. The van der Waals surface area contributed by atoms with Gasteiger partial charge >= 0.3 is 0 Å². The first-order chi connectivity index (χ1) is 25.2. The Kier molecular flexibility index (Phi) is 7.55. The number of benzene rings is 7. The maximum Gasteiger partial charge on any atom is 0.151 e. The minimum Gasteiger partial charge on any atom is -0.616 e. The topological polar surface area (TPSA) is 52.1 Å². The molecule has 0 N–H and O–H groups in total. The van der Waals surface area contributed by atoms with E-state index in [0.29, 0.717) is 5.69 Å². The van der Waals surface area contributed by atoms with Crippen molar-refractivity contribution >= 4 is 34.1 Å². The van der Waals surface area contributed by atoms with Crippen LogP contribution in [-0.4, -0.2) is 9.97 Å². The lowest BCUT2D eigenvalue weighted by Crippen LogP contribution is -2.29. The number of aromatic nitrogens is 2. The van der Waals surface area contributed by atoms with Crippen LogP contribution in [0.3, 0.4) is 0 Å². The van der Waals surface area contributed by atoms with Gasteiger partial charge in [-0.25, -0.2) is 0 Å². The molecule has 1 atom stereocenters. The van der Waals surface area contributed by atoms with Gasteiger partial charge in [0.1, 0.15) is 5.69 Å². The Labute approximate surface area is 297 Å². The van der Waals surface area contributed by atoms with Gasteiger partial charge in [-0.3, -0.25) is 14.6 Å². The van der Waals surface area contributed by atoms with Crippen LogP contribution in [0, 0.1) is 5.21 Å². The normalized spacial score (nSPS) is 14.5. The molecule has 8 aromatic rings.